The minimum Gasteiger partial charge on any atom is -0.488 e. The van der Waals surface area contributed by atoms with Crippen LogP contribution in [0, 0.1) is 0 Å². The van der Waals surface area contributed by atoms with Crippen LogP contribution in [0.1, 0.15) is 16.2 Å². The summed E-state index contributed by atoms with van der Waals surface area (Å²) in [6.07, 6.45) is 0.682. The molecule has 0 spiro atoms. The van der Waals surface area contributed by atoms with Crippen molar-refractivity contribution in [3.63, 3.8) is 0 Å². The van der Waals surface area contributed by atoms with Crippen molar-refractivity contribution >= 4 is 22.2 Å². The Morgan fingerprint density at radius 2 is 1.82 bits per heavy atom. The van der Waals surface area contributed by atoms with Gasteiger partial charge < -0.3 is 9.72 Å². The number of nitrogens with one attached hydrogen (secondary N) is 1. The average Bonchev–Trinajstić information content (AvgIpc) is 2.95. The van der Waals surface area contributed by atoms with E-state index in [-0.39, 0.29) is 5.82 Å². The molecule has 0 saturated carbocycles. The number of hydrogen-bond acceptors (Lipinski definition) is 3. The second-order valence-corrected chi connectivity index (χ2v) is 5.47. The number of rotatable bonds is 5. The van der Waals surface area contributed by atoms with E-state index in [4.69, 9.17) is 4.74 Å². The van der Waals surface area contributed by atoms with E-state index in [1.165, 1.54) is 0 Å². The van der Waals surface area contributed by atoms with Gasteiger partial charge in [-0.15, -0.1) is 0 Å². The second-order valence-electron chi connectivity index (χ2n) is 4.67. The first-order valence-electron chi connectivity index (χ1n) is 6.74. The number of nitrogens with zero attached hydrogens (tertiary/aromatic N) is 1. The van der Waals surface area contributed by atoms with Crippen LogP contribution in [0.25, 0.3) is 11.3 Å². The maximum atomic E-state index is 10.9. The minimum atomic E-state index is 0.278. The third kappa shape index (κ3) is 3.09. The van der Waals surface area contributed by atoms with E-state index in [1.54, 1.807) is 0 Å². The van der Waals surface area contributed by atoms with Gasteiger partial charge in [0.2, 0.25) is 0 Å². The van der Waals surface area contributed by atoms with E-state index in [1.807, 2.05) is 54.6 Å². The zero-order chi connectivity index (χ0) is 15.4. The molecule has 0 aliphatic rings. The highest BCUT2D eigenvalue weighted by molar-refractivity contribution is 9.10. The van der Waals surface area contributed by atoms with Gasteiger partial charge in [-0.05, 0) is 33.6 Å². The van der Waals surface area contributed by atoms with Gasteiger partial charge >= 0.3 is 0 Å². The molecule has 110 valence electrons. The third-order valence-corrected chi connectivity index (χ3v) is 3.74. The molecule has 5 heteroatoms. The summed E-state index contributed by atoms with van der Waals surface area (Å²) < 4.78 is 6.57. The molecule has 1 heterocycles. The first kappa shape index (κ1) is 14.5. The van der Waals surface area contributed by atoms with Crippen molar-refractivity contribution in [1.29, 1.82) is 0 Å². The van der Waals surface area contributed by atoms with Gasteiger partial charge in [0.15, 0.2) is 12.1 Å². The lowest BCUT2D eigenvalue weighted by atomic mass is 10.1. The monoisotopic (exact) mass is 356 g/mol. The molecule has 2 aromatic carbocycles. The first-order valence-corrected chi connectivity index (χ1v) is 7.54. The van der Waals surface area contributed by atoms with Crippen molar-refractivity contribution in [1.82, 2.24) is 9.97 Å². The van der Waals surface area contributed by atoms with Gasteiger partial charge in [0.25, 0.3) is 0 Å². The van der Waals surface area contributed by atoms with E-state index < -0.39 is 0 Å². The van der Waals surface area contributed by atoms with E-state index in [2.05, 4.69) is 25.9 Å². The van der Waals surface area contributed by atoms with E-state index in [0.29, 0.717) is 23.2 Å². The smallest absolute Gasteiger partial charge is 0.185 e. The van der Waals surface area contributed by atoms with Gasteiger partial charge in [-0.1, -0.05) is 42.5 Å². The molecule has 3 rings (SSSR count). The number of carbonyl (C=O) groups is 1. The van der Waals surface area contributed by atoms with Crippen LogP contribution in [0.15, 0.2) is 59.2 Å². The largest absolute Gasteiger partial charge is 0.488 e. The molecule has 3 aromatic rings. The third-order valence-electron chi connectivity index (χ3n) is 3.17. The number of halogens is 1. The van der Waals surface area contributed by atoms with Crippen LogP contribution in [-0.2, 0) is 6.61 Å². The Hall–Kier alpha value is -2.40. The van der Waals surface area contributed by atoms with Crippen molar-refractivity contribution in [2.75, 3.05) is 0 Å². The highest BCUT2D eigenvalue weighted by atomic mass is 79.9. The summed E-state index contributed by atoms with van der Waals surface area (Å²) in [5.74, 6) is 0.996. The molecule has 0 bridgehead atoms. The zero-order valence-electron chi connectivity index (χ0n) is 11.6. The molecule has 0 saturated heterocycles. The van der Waals surface area contributed by atoms with Crippen LogP contribution >= 0.6 is 15.9 Å². The highest BCUT2D eigenvalue weighted by Crippen LogP contribution is 2.33. The fraction of sp³-hybridized carbons (Fsp3) is 0.0588. The Bertz CT molecular complexity index is 784. The van der Waals surface area contributed by atoms with E-state index in [0.717, 1.165) is 16.9 Å². The van der Waals surface area contributed by atoms with Gasteiger partial charge in [-0.25, -0.2) is 4.98 Å². The number of aldehydes is 1. The van der Waals surface area contributed by atoms with Crippen LogP contribution in [0.5, 0.6) is 5.75 Å². The molecule has 1 aromatic heterocycles. The molecule has 22 heavy (non-hydrogen) atoms. The number of hydrogen-bond donors (Lipinski definition) is 1. The fourth-order valence-electron chi connectivity index (χ4n) is 2.13. The van der Waals surface area contributed by atoms with Crippen LogP contribution in [0.2, 0.25) is 0 Å². The van der Waals surface area contributed by atoms with E-state index >= 15 is 0 Å². The van der Waals surface area contributed by atoms with Crippen LogP contribution in [0.4, 0.5) is 0 Å². The predicted molar refractivity (Wildman–Crippen MR) is 87.9 cm³/mol. The number of carbonyl (C=O) groups excluding carboxylic acids is 1. The maximum Gasteiger partial charge on any atom is 0.185 e. The SMILES string of the molecule is O=Cc1nc(-c2ccccc2OCc2ccccc2)c(Br)[nH]1. The fourth-order valence-corrected chi connectivity index (χ4v) is 2.63. The topological polar surface area (TPSA) is 55.0 Å². The normalized spacial score (nSPS) is 10.4. The Morgan fingerprint density at radius 1 is 1.09 bits per heavy atom. The molecular formula is C17H13BrN2O2. The van der Waals surface area contributed by atoms with Crippen molar-refractivity contribution < 1.29 is 9.53 Å². The van der Waals surface area contributed by atoms with Gasteiger partial charge in [0.05, 0.1) is 0 Å². The Kier molecular flexibility index (Phi) is 4.34. The molecule has 0 amide bonds. The second kappa shape index (κ2) is 6.58. The summed E-state index contributed by atoms with van der Waals surface area (Å²) in [5.41, 5.74) is 2.58. The summed E-state index contributed by atoms with van der Waals surface area (Å²) in [5, 5.41) is 0. The van der Waals surface area contributed by atoms with Gasteiger partial charge in [0, 0.05) is 5.56 Å². The van der Waals surface area contributed by atoms with Crippen molar-refractivity contribution in [3.05, 3.63) is 70.6 Å². The predicted octanol–water partition coefficient (Wildman–Crippen LogP) is 4.23. The number of imidazole rings is 1. The number of aromatic amines is 1. The lowest BCUT2D eigenvalue weighted by molar-refractivity contribution is 0.111. The van der Waals surface area contributed by atoms with Gasteiger partial charge in [-0.3, -0.25) is 4.79 Å². The Balaban J connectivity index is 1.89. The van der Waals surface area contributed by atoms with Crippen molar-refractivity contribution in [2.45, 2.75) is 6.61 Å². The molecule has 0 fully saturated rings. The Morgan fingerprint density at radius 3 is 2.55 bits per heavy atom. The number of benzene rings is 2. The summed E-state index contributed by atoms with van der Waals surface area (Å²) in [4.78, 5) is 18.0. The molecule has 4 nitrogen and oxygen atoms in total. The standard InChI is InChI=1S/C17H13BrN2O2/c18-17-16(19-15(10-21)20-17)13-8-4-5-9-14(13)22-11-12-6-2-1-3-7-12/h1-10H,11H2,(H,19,20). The quantitative estimate of drug-likeness (QED) is 0.696. The molecule has 1 N–H and O–H groups in total. The Labute approximate surface area is 136 Å². The molecule has 0 radical (unpaired) electrons. The van der Waals surface area contributed by atoms with Crippen LogP contribution < -0.4 is 4.74 Å². The van der Waals surface area contributed by atoms with E-state index in [9.17, 15) is 4.79 Å². The first-order chi connectivity index (χ1) is 10.8. The summed E-state index contributed by atoms with van der Waals surface area (Å²) in [7, 11) is 0. The molecule has 0 unspecified atom stereocenters. The van der Waals surface area contributed by atoms with Crippen LogP contribution in [0.3, 0.4) is 0 Å². The summed E-state index contributed by atoms with van der Waals surface area (Å²) >= 11 is 3.39. The zero-order valence-corrected chi connectivity index (χ0v) is 13.2. The molecule has 0 aliphatic heterocycles. The molecule has 0 atom stereocenters. The number of H-pyrrole nitrogens is 1. The lowest BCUT2D eigenvalue weighted by Gasteiger charge is -2.10. The number of para-hydroxylation sites is 1. The molecular weight excluding hydrogens is 344 g/mol. The van der Waals surface area contributed by atoms with Gasteiger partial charge in [-0.2, -0.15) is 0 Å². The number of ether oxygens (including phenoxy) is 1. The van der Waals surface area contributed by atoms with Crippen molar-refractivity contribution in [2.24, 2.45) is 0 Å². The van der Waals surface area contributed by atoms with Crippen molar-refractivity contribution in [3.8, 4) is 17.0 Å². The lowest BCUT2D eigenvalue weighted by Crippen LogP contribution is -1.97. The van der Waals surface area contributed by atoms with Gasteiger partial charge in [0.1, 0.15) is 22.7 Å². The molecule has 0 aliphatic carbocycles. The summed E-state index contributed by atoms with van der Waals surface area (Å²) in [6.45, 7) is 0.473. The summed E-state index contributed by atoms with van der Waals surface area (Å²) in [6, 6.07) is 17.6. The minimum absolute atomic E-state index is 0.278. The van der Waals surface area contributed by atoms with Crippen LogP contribution in [-0.4, -0.2) is 16.3 Å². The maximum absolute atomic E-state index is 10.9. The number of aromatic nitrogens is 2. The highest BCUT2D eigenvalue weighted by Gasteiger charge is 2.14. The average molecular weight is 357 g/mol.